The molecule has 1 aromatic heterocycles. The zero-order valence-electron chi connectivity index (χ0n) is 11.8. The number of rotatable bonds is 4. The number of aromatic nitrogens is 1. The Morgan fingerprint density at radius 3 is 2.89 bits per heavy atom. The van der Waals surface area contributed by atoms with Crippen LogP contribution in [0.4, 0.5) is 0 Å². The van der Waals surface area contributed by atoms with Crippen LogP contribution in [-0.4, -0.2) is 35.4 Å². The van der Waals surface area contributed by atoms with Gasteiger partial charge in [-0.2, -0.15) is 0 Å². The molecule has 4 heteroatoms. The van der Waals surface area contributed by atoms with Crippen molar-refractivity contribution in [1.29, 1.82) is 0 Å². The van der Waals surface area contributed by atoms with E-state index in [1.165, 1.54) is 12.8 Å². The molecule has 1 aliphatic heterocycles. The number of carbonyl (C=O) groups is 1. The fourth-order valence-electron chi connectivity index (χ4n) is 2.43. The normalized spacial score (nSPS) is 19.1. The molecule has 1 fully saturated rings. The Balaban J connectivity index is 1.78. The topological polar surface area (TPSA) is 45.2 Å². The van der Waals surface area contributed by atoms with Crippen molar-refractivity contribution in [2.45, 2.75) is 32.7 Å². The molecule has 19 heavy (non-hydrogen) atoms. The predicted molar refractivity (Wildman–Crippen MR) is 75.6 cm³/mol. The van der Waals surface area contributed by atoms with Crippen molar-refractivity contribution < 1.29 is 4.79 Å². The van der Waals surface area contributed by atoms with Gasteiger partial charge in [0.05, 0.1) is 12.6 Å². The molecule has 4 nitrogen and oxygen atoms in total. The van der Waals surface area contributed by atoms with Gasteiger partial charge in [-0.25, -0.2) is 0 Å². The third kappa shape index (κ3) is 4.31. The summed E-state index contributed by atoms with van der Waals surface area (Å²) >= 11 is 0. The van der Waals surface area contributed by atoms with Crippen LogP contribution in [0.15, 0.2) is 24.5 Å². The molecule has 0 radical (unpaired) electrons. The number of amides is 1. The number of piperidine rings is 1. The highest BCUT2D eigenvalue weighted by Gasteiger charge is 2.18. The molecular formula is C15H23N3O. The molecule has 2 heterocycles. The average Bonchev–Trinajstić information content (AvgIpc) is 2.42. The van der Waals surface area contributed by atoms with Gasteiger partial charge in [0.25, 0.3) is 0 Å². The van der Waals surface area contributed by atoms with Crippen molar-refractivity contribution in [2.75, 3.05) is 19.6 Å². The van der Waals surface area contributed by atoms with Crippen LogP contribution in [0.5, 0.6) is 0 Å². The van der Waals surface area contributed by atoms with E-state index in [1.807, 2.05) is 19.1 Å². The lowest BCUT2D eigenvalue weighted by atomic mass is 9.99. The summed E-state index contributed by atoms with van der Waals surface area (Å²) in [5.41, 5.74) is 1.04. The lowest BCUT2D eigenvalue weighted by Gasteiger charge is -2.29. The number of hydrogen-bond donors (Lipinski definition) is 1. The quantitative estimate of drug-likeness (QED) is 0.901. The van der Waals surface area contributed by atoms with Crippen molar-refractivity contribution >= 4 is 5.91 Å². The fourth-order valence-corrected chi connectivity index (χ4v) is 2.43. The van der Waals surface area contributed by atoms with Gasteiger partial charge in [-0.3, -0.25) is 14.7 Å². The highest BCUT2D eigenvalue weighted by Crippen LogP contribution is 2.15. The number of likely N-dealkylation sites (tertiary alicyclic amines) is 1. The standard InChI is InChI=1S/C15H23N3O/c1-12-5-8-18(9-6-12)11-15(19)17-13(2)14-4-3-7-16-10-14/h3-4,7,10,12-13H,5-6,8-9,11H2,1-2H3,(H,17,19)/t13-/m1/s1. The summed E-state index contributed by atoms with van der Waals surface area (Å²) in [6.07, 6.45) is 5.94. The predicted octanol–water partition coefficient (Wildman–Crippen LogP) is 1.99. The van der Waals surface area contributed by atoms with Crippen molar-refractivity contribution in [1.82, 2.24) is 15.2 Å². The lowest BCUT2D eigenvalue weighted by Crippen LogP contribution is -2.41. The highest BCUT2D eigenvalue weighted by atomic mass is 16.2. The van der Waals surface area contributed by atoms with Crippen LogP contribution in [0.2, 0.25) is 0 Å². The van der Waals surface area contributed by atoms with Crippen LogP contribution in [-0.2, 0) is 4.79 Å². The van der Waals surface area contributed by atoms with Crippen molar-refractivity contribution in [3.8, 4) is 0 Å². The Labute approximate surface area is 115 Å². The Morgan fingerprint density at radius 1 is 1.53 bits per heavy atom. The van der Waals surface area contributed by atoms with E-state index in [4.69, 9.17) is 0 Å². The van der Waals surface area contributed by atoms with E-state index >= 15 is 0 Å². The molecule has 104 valence electrons. The highest BCUT2D eigenvalue weighted by molar-refractivity contribution is 5.78. The van der Waals surface area contributed by atoms with Crippen LogP contribution in [0.3, 0.4) is 0 Å². The molecule has 1 aromatic rings. The van der Waals surface area contributed by atoms with E-state index in [9.17, 15) is 4.79 Å². The molecule has 0 unspecified atom stereocenters. The van der Waals surface area contributed by atoms with E-state index in [1.54, 1.807) is 12.4 Å². The molecular weight excluding hydrogens is 238 g/mol. The van der Waals surface area contributed by atoms with Gasteiger partial charge in [-0.05, 0) is 50.4 Å². The molecule has 2 rings (SSSR count). The minimum atomic E-state index is 0.0184. The van der Waals surface area contributed by atoms with Crippen LogP contribution < -0.4 is 5.32 Å². The van der Waals surface area contributed by atoms with Gasteiger partial charge in [0.2, 0.25) is 5.91 Å². The van der Waals surface area contributed by atoms with Crippen LogP contribution in [0.1, 0.15) is 38.3 Å². The first-order chi connectivity index (χ1) is 9.15. The summed E-state index contributed by atoms with van der Waals surface area (Å²) in [7, 11) is 0. The monoisotopic (exact) mass is 261 g/mol. The maximum Gasteiger partial charge on any atom is 0.234 e. The second-order valence-electron chi connectivity index (χ2n) is 5.53. The van der Waals surface area contributed by atoms with Gasteiger partial charge in [-0.15, -0.1) is 0 Å². The summed E-state index contributed by atoms with van der Waals surface area (Å²) in [6, 6.07) is 3.90. The number of nitrogens with one attached hydrogen (secondary N) is 1. The van der Waals surface area contributed by atoms with Crippen molar-refractivity contribution in [3.05, 3.63) is 30.1 Å². The Hall–Kier alpha value is -1.42. The molecule has 1 saturated heterocycles. The third-order valence-electron chi connectivity index (χ3n) is 3.81. The largest absolute Gasteiger partial charge is 0.348 e. The number of hydrogen-bond acceptors (Lipinski definition) is 3. The second kappa shape index (κ2) is 6.66. The van der Waals surface area contributed by atoms with E-state index in [2.05, 4.69) is 22.1 Å². The molecule has 0 bridgehead atoms. The first-order valence-electron chi connectivity index (χ1n) is 7.07. The van der Waals surface area contributed by atoms with Crippen molar-refractivity contribution in [2.24, 2.45) is 5.92 Å². The fraction of sp³-hybridized carbons (Fsp3) is 0.600. The second-order valence-corrected chi connectivity index (χ2v) is 5.53. The molecule has 1 N–H and O–H groups in total. The zero-order valence-corrected chi connectivity index (χ0v) is 11.8. The molecule has 1 aliphatic rings. The van der Waals surface area contributed by atoms with E-state index in [0.29, 0.717) is 6.54 Å². The maximum absolute atomic E-state index is 12.0. The molecule has 0 aromatic carbocycles. The van der Waals surface area contributed by atoms with E-state index in [0.717, 1.165) is 24.6 Å². The van der Waals surface area contributed by atoms with Crippen molar-refractivity contribution in [3.63, 3.8) is 0 Å². The number of nitrogens with zero attached hydrogens (tertiary/aromatic N) is 2. The summed E-state index contributed by atoms with van der Waals surface area (Å²) in [4.78, 5) is 18.3. The number of carbonyl (C=O) groups excluding carboxylic acids is 1. The molecule has 0 saturated carbocycles. The Morgan fingerprint density at radius 2 is 2.26 bits per heavy atom. The lowest BCUT2D eigenvalue weighted by molar-refractivity contribution is -0.123. The first kappa shape index (κ1) is 14.0. The summed E-state index contributed by atoms with van der Waals surface area (Å²) in [5, 5.41) is 3.03. The molecule has 1 amide bonds. The van der Waals surface area contributed by atoms with Crippen LogP contribution >= 0.6 is 0 Å². The van der Waals surface area contributed by atoms with Gasteiger partial charge < -0.3 is 5.32 Å². The van der Waals surface area contributed by atoms with E-state index in [-0.39, 0.29) is 11.9 Å². The van der Waals surface area contributed by atoms with Gasteiger partial charge >= 0.3 is 0 Å². The smallest absolute Gasteiger partial charge is 0.234 e. The Bertz CT molecular complexity index is 399. The summed E-state index contributed by atoms with van der Waals surface area (Å²) < 4.78 is 0. The zero-order chi connectivity index (χ0) is 13.7. The van der Waals surface area contributed by atoms with Crippen LogP contribution in [0.25, 0.3) is 0 Å². The number of pyridine rings is 1. The van der Waals surface area contributed by atoms with Crippen LogP contribution in [0, 0.1) is 5.92 Å². The van der Waals surface area contributed by atoms with Gasteiger partial charge in [0.1, 0.15) is 0 Å². The summed E-state index contributed by atoms with van der Waals surface area (Å²) in [5.74, 6) is 0.902. The van der Waals surface area contributed by atoms with Gasteiger partial charge in [-0.1, -0.05) is 13.0 Å². The first-order valence-corrected chi connectivity index (χ1v) is 7.07. The molecule has 0 aliphatic carbocycles. The minimum Gasteiger partial charge on any atom is -0.348 e. The average molecular weight is 261 g/mol. The SMILES string of the molecule is CC1CCN(CC(=O)N[C@H](C)c2cccnc2)CC1. The minimum absolute atomic E-state index is 0.0184. The maximum atomic E-state index is 12.0. The molecule has 0 spiro atoms. The Kier molecular flexibility index (Phi) is 4.91. The summed E-state index contributed by atoms with van der Waals surface area (Å²) in [6.45, 7) is 6.86. The van der Waals surface area contributed by atoms with E-state index < -0.39 is 0 Å². The third-order valence-corrected chi connectivity index (χ3v) is 3.81. The van der Waals surface area contributed by atoms with Gasteiger partial charge in [0, 0.05) is 12.4 Å². The molecule has 1 atom stereocenters. The van der Waals surface area contributed by atoms with Gasteiger partial charge in [0.15, 0.2) is 0 Å².